The Morgan fingerprint density at radius 2 is 2.00 bits per heavy atom. The highest BCUT2D eigenvalue weighted by Crippen LogP contribution is 2.35. The minimum Gasteiger partial charge on any atom is -0.309 e. The van der Waals surface area contributed by atoms with Crippen LogP contribution in [-0.4, -0.2) is 7.05 Å². The van der Waals surface area contributed by atoms with Gasteiger partial charge in [0.15, 0.2) is 0 Å². The third kappa shape index (κ3) is 2.52. The Labute approximate surface area is 123 Å². The number of fused-ring (bicyclic) bond motifs is 1. The summed E-state index contributed by atoms with van der Waals surface area (Å²) in [6, 6.07) is 7.93. The Morgan fingerprint density at radius 3 is 2.70 bits per heavy atom. The molecule has 0 amide bonds. The maximum absolute atomic E-state index is 13.4. The number of aryl methyl sites for hydroxylation is 3. The molecule has 0 radical (unpaired) electrons. The summed E-state index contributed by atoms with van der Waals surface area (Å²) in [5.41, 5.74) is 3.38. The Kier molecular flexibility index (Phi) is 3.90. The third-order valence-corrected chi connectivity index (χ3v) is 5.41. The molecule has 3 rings (SSSR count). The lowest BCUT2D eigenvalue weighted by Crippen LogP contribution is -2.16. The van der Waals surface area contributed by atoms with Gasteiger partial charge in [0.1, 0.15) is 5.82 Å². The summed E-state index contributed by atoms with van der Waals surface area (Å²) in [5.74, 6) is -0.130. The van der Waals surface area contributed by atoms with E-state index in [1.165, 1.54) is 36.1 Å². The molecule has 0 aliphatic heterocycles. The van der Waals surface area contributed by atoms with Gasteiger partial charge in [-0.1, -0.05) is 12.1 Å². The van der Waals surface area contributed by atoms with Gasteiger partial charge in [-0.2, -0.15) is 0 Å². The standard InChI is InChI=1S/C17H20FNS/c1-11-9-13(7-8-14(11)18)17(19-2)16-10-12-5-3-4-6-15(12)20-16/h7-10,17,19H,3-6H2,1-2H3. The van der Waals surface area contributed by atoms with Gasteiger partial charge in [0.25, 0.3) is 0 Å². The van der Waals surface area contributed by atoms with Crippen LogP contribution in [0.3, 0.4) is 0 Å². The van der Waals surface area contributed by atoms with E-state index < -0.39 is 0 Å². The smallest absolute Gasteiger partial charge is 0.126 e. The zero-order valence-electron chi connectivity index (χ0n) is 12.0. The van der Waals surface area contributed by atoms with Crippen LogP contribution in [0, 0.1) is 12.7 Å². The second kappa shape index (κ2) is 5.66. The number of hydrogen-bond acceptors (Lipinski definition) is 2. The summed E-state index contributed by atoms with van der Waals surface area (Å²) in [5, 5.41) is 3.38. The van der Waals surface area contributed by atoms with Gasteiger partial charge in [0, 0.05) is 9.75 Å². The molecule has 1 heterocycles. The largest absolute Gasteiger partial charge is 0.309 e. The van der Waals surface area contributed by atoms with Gasteiger partial charge in [-0.3, -0.25) is 0 Å². The molecule has 1 N–H and O–H groups in total. The predicted molar refractivity (Wildman–Crippen MR) is 83.0 cm³/mol. The fraction of sp³-hybridized carbons (Fsp3) is 0.412. The lowest BCUT2D eigenvalue weighted by Gasteiger charge is -2.16. The van der Waals surface area contributed by atoms with Gasteiger partial charge in [0.2, 0.25) is 0 Å². The molecule has 0 bridgehead atoms. The van der Waals surface area contributed by atoms with E-state index in [0.29, 0.717) is 5.56 Å². The molecule has 3 heteroatoms. The van der Waals surface area contributed by atoms with Crippen LogP contribution in [0.15, 0.2) is 24.3 Å². The van der Waals surface area contributed by atoms with E-state index >= 15 is 0 Å². The first-order valence-electron chi connectivity index (χ1n) is 7.24. The van der Waals surface area contributed by atoms with Crippen molar-refractivity contribution in [3.8, 4) is 0 Å². The molecule has 2 aromatic rings. The van der Waals surface area contributed by atoms with Crippen molar-refractivity contribution in [2.75, 3.05) is 7.05 Å². The van der Waals surface area contributed by atoms with Crippen LogP contribution in [0.25, 0.3) is 0 Å². The van der Waals surface area contributed by atoms with E-state index in [2.05, 4.69) is 11.4 Å². The molecule has 1 aliphatic rings. The second-order valence-corrected chi connectivity index (χ2v) is 6.70. The minimum atomic E-state index is -0.130. The molecule has 20 heavy (non-hydrogen) atoms. The van der Waals surface area contributed by atoms with Crippen LogP contribution < -0.4 is 5.32 Å². The molecule has 106 valence electrons. The number of nitrogens with one attached hydrogen (secondary N) is 1. The lowest BCUT2D eigenvalue weighted by atomic mass is 9.97. The average Bonchev–Trinajstić information content (AvgIpc) is 2.87. The van der Waals surface area contributed by atoms with Crippen molar-refractivity contribution in [2.45, 2.75) is 38.6 Å². The van der Waals surface area contributed by atoms with Gasteiger partial charge >= 0.3 is 0 Å². The Morgan fingerprint density at radius 1 is 1.20 bits per heavy atom. The van der Waals surface area contributed by atoms with Crippen LogP contribution in [0.4, 0.5) is 4.39 Å². The summed E-state index contributed by atoms with van der Waals surface area (Å²) >= 11 is 1.92. The Hall–Kier alpha value is -1.19. The normalized spacial score (nSPS) is 15.9. The fourth-order valence-electron chi connectivity index (χ4n) is 2.98. The molecule has 0 saturated heterocycles. The highest BCUT2D eigenvalue weighted by molar-refractivity contribution is 7.12. The molecule has 1 unspecified atom stereocenters. The number of hydrogen-bond donors (Lipinski definition) is 1. The summed E-state index contributed by atoms with van der Waals surface area (Å²) in [7, 11) is 1.97. The SMILES string of the molecule is CNC(c1ccc(F)c(C)c1)c1cc2c(s1)CCCC2. The maximum Gasteiger partial charge on any atom is 0.126 e. The van der Waals surface area contributed by atoms with E-state index in [1.807, 2.05) is 37.4 Å². The van der Waals surface area contributed by atoms with Gasteiger partial charge in [0.05, 0.1) is 6.04 Å². The number of benzene rings is 1. The van der Waals surface area contributed by atoms with Crippen molar-refractivity contribution in [3.05, 3.63) is 56.5 Å². The highest BCUT2D eigenvalue weighted by atomic mass is 32.1. The summed E-state index contributed by atoms with van der Waals surface area (Å²) in [4.78, 5) is 2.90. The van der Waals surface area contributed by atoms with Gasteiger partial charge in [-0.15, -0.1) is 11.3 Å². The van der Waals surface area contributed by atoms with Crippen LogP contribution >= 0.6 is 11.3 Å². The summed E-state index contributed by atoms with van der Waals surface area (Å²) < 4.78 is 13.4. The Balaban J connectivity index is 1.96. The molecule has 0 fully saturated rings. The quantitative estimate of drug-likeness (QED) is 0.884. The highest BCUT2D eigenvalue weighted by Gasteiger charge is 2.19. The first-order valence-corrected chi connectivity index (χ1v) is 8.05. The molecule has 1 atom stereocenters. The van der Waals surface area contributed by atoms with Crippen LogP contribution in [-0.2, 0) is 12.8 Å². The summed E-state index contributed by atoms with van der Waals surface area (Å²) in [6.45, 7) is 1.82. The molecular weight excluding hydrogens is 269 g/mol. The van der Waals surface area contributed by atoms with Crippen LogP contribution in [0.1, 0.15) is 45.3 Å². The van der Waals surface area contributed by atoms with Crippen molar-refractivity contribution in [1.29, 1.82) is 0 Å². The molecule has 1 aliphatic carbocycles. The zero-order chi connectivity index (χ0) is 14.1. The van der Waals surface area contributed by atoms with Crippen molar-refractivity contribution < 1.29 is 4.39 Å². The van der Waals surface area contributed by atoms with E-state index in [0.717, 1.165) is 5.56 Å². The van der Waals surface area contributed by atoms with Gasteiger partial charge in [-0.05, 0) is 68.5 Å². The average molecular weight is 289 g/mol. The van der Waals surface area contributed by atoms with Crippen molar-refractivity contribution in [3.63, 3.8) is 0 Å². The first kappa shape index (κ1) is 13.8. The van der Waals surface area contributed by atoms with Crippen LogP contribution in [0.5, 0.6) is 0 Å². The van der Waals surface area contributed by atoms with Crippen LogP contribution in [0.2, 0.25) is 0 Å². The lowest BCUT2D eigenvalue weighted by molar-refractivity contribution is 0.614. The van der Waals surface area contributed by atoms with Gasteiger partial charge in [-0.25, -0.2) is 4.39 Å². The second-order valence-electron chi connectivity index (χ2n) is 5.53. The van der Waals surface area contributed by atoms with Crippen molar-refractivity contribution >= 4 is 11.3 Å². The number of halogens is 1. The summed E-state index contributed by atoms with van der Waals surface area (Å²) in [6.07, 6.45) is 5.06. The van der Waals surface area contributed by atoms with Crippen molar-refractivity contribution in [2.24, 2.45) is 0 Å². The van der Waals surface area contributed by atoms with E-state index in [-0.39, 0.29) is 11.9 Å². The zero-order valence-corrected chi connectivity index (χ0v) is 12.8. The predicted octanol–water partition coefficient (Wildman–Crippen LogP) is 4.38. The minimum absolute atomic E-state index is 0.130. The van der Waals surface area contributed by atoms with Gasteiger partial charge < -0.3 is 5.32 Å². The molecule has 1 nitrogen and oxygen atoms in total. The topological polar surface area (TPSA) is 12.0 Å². The fourth-order valence-corrected chi connectivity index (χ4v) is 4.37. The van der Waals surface area contributed by atoms with E-state index in [9.17, 15) is 4.39 Å². The molecule has 1 aromatic heterocycles. The third-order valence-electron chi connectivity index (χ3n) is 4.10. The van der Waals surface area contributed by atoms with E-state index in [1.54, 1.807) is 10.9 Å². The monoisotopic (exact) mass is 289 g/mol. The van der Waals surface area contributed by atoms with Crippen molar-refractivity contribution in [1.82, 2.24) is 5.32 Å². The Bertz CT molecular complexity index is 594. The van der Waals surface area contributed by atoms with E-state index in [4.69, 9.17) is 0 Å². The molecule has 0 spiro atoms. The molecular formula is C17H20FNS. The molecule has 0 saturated carbocycles. The molecule has 1 aromatic carbocycles. The number of thiophene rings is 1. The first-order chi connectivity index (χ1) is 9.69. The maximum atomic E-state index is 13.4. The number of rotatable bonds is 3.